The topological polar surface area (TPSA) is 78.8 Å². The molecule has 1 heterocycles. The van der Waals surface area contributed by atoms with Crippen molar-refractivity contribution in [1.29, 1.82) is 0 Å². The Kier molecular flexibility index (Phi) is 5.24. The third-order valence-electron chi connectivity index (χ3n) is 4.79. The number of benzene rings is 1. The highest BCUT2D eigenvalue weighted by Crippen LogP contribution is 2.25. The number of sulfonamides is 1. The number of carbonyl (C=O) groups excluding carboxylic acids is 1. The zero-order chi connectivity index (χ0) is 18.0. The summed E-state index contributed by atoms with van der Waals surface area (Å²) in [7, 11) is -1.53. The third kappa shape index (κ3) is 4.27. The van der Waals surface area contributed by atoms with Crippen molar-refractivity contribution in [3.63, 3.8) is 0 Å². The highest BCUT2D eigenvalue weighted by molar-refractivity contribution is 7.89. The van der Waals surface area contributed by atoms with E-state index in [1.165, 1.54) is 16.1 Å². The van der Waals surface area contributed by atoms with Crippen molar-refractivity contribution in [2.75, 3.05) is 12.8 Å². The van der Waals surface area contributed by atoms with Crippen LogP contribution in [0.3, 0.4) is 0 Å². The average molecular weight is 363 g/mol. The monoisotopic (exact) mass is 363 g/mol. The van der Waals surface area contributed by atoms with Gasteiger partial charge in [0.15, 0.2) is 0 Å². The molecule has 1 aromatic rings. The predicted molar refractivity (Wildman–Crippen MR) is 98.0 cm³/mol. The molecule has 1 aliphatic carbocycles. The van der Waals surface area contributed by atoms with Crippen LogP contribution in [0.2, 0.25) is 0 Å². The van der Waals surface area contributed by atoms with Crippen LogP contribution in [0, 0.1) is 0 Å². The second kappa shape index (κ2) is 7.25. The molecule has 1 N–H and O–H groups in total. The summed E-state index contributed by atoms with van der Waals surface area (Å²) in [5.74, 6) is 0.227. The molecule has 0 saturated carbocycles. The first-order valence-electron chi connectivity index (χ1n) is 8.84. The maximum Gasteiger partial charge on any atom is 0.242 e. The van der Waals surface area contributed by atoms with E-state index in [0.29, 0.717) is 25.7 Å². The zero-order valence-corrected chi connectivity index (χ0v) is 15.6. The Morgan fingerprint density at radius 2 is 2.00 bits per heavy atom. The standard InChI is InChI=1S/C18H25N3O3S/c1-3-4-9-25(23,24)20-16-11-13-5-6-14(10-15(13)12-16)17-7-8-18(22)21(2)19-17/h5-6,10,16,20H,3-4,7-9,11-12H2,1-2H3. The number of hydrogen-bond acceptors (Lipinski definition) is 4. The van der Waals surface area contributed by atoms with Crippen molar-refractivity contribution in [3.8, 4) is 0 Å². The maximum atomic E-state index is 12.1. The number of rotatable bonds is 6. The number of fused-ring (bicyclic) bond motifs is 1. The second-order valence-electron chi connectivity index (χ2n) is 6.84. The second-order valence-corrected chi connectivity index (χ2v) is 8.72. The summed E-state index contributed by atoms with van der Waals surface area (Å²) in [6, 6.07) is 6.11. The van der Waals surface area contributed by atoms with E-state index in [9.17, 15) is 13.2 Å². The van der Waals surface area contributed by atoms with Crippen molar-refractivity contribution in [2.45, 2.75) is 51.5 Å². The van der Waals surface area contributed by atoms with Gasteiger partial charge in [0.2, 0.25) is 15.9 Å². The number of hydrazone groups is 1. The molecule has 1 amide bonds. The molecule has 1 aromatic carbocycles. The minimum atomic E-state index is -3.21. The van der Waals surface area contributed by atoms with Gasteiger partial charge in [0.1, 0.15) is 0 Å². The summed E-state index contributed by atoms with van der Waals surface area (Å²) < 4.78 is 27.1. The summed E-state index contributed by atoms with van der Waals surface area (Å²) in [6.45, 7) is 1.99. The van der Waals surface area contributed by atoms with Crippen LogP contribution in [-0.2, 0) is 27.7 Å². The van der Waals surface area contributed by atoms with Crippen LogP contribution in [0.1, 0.15) is 49.3 Å². The van der Waals surface area contributed by atoms with E-state index in [2.05, 4.69) is 22.0 Å². The molecule has 1 unspecified atom stereocenters. The van der Waals surface area contributed by atoms with Crippen LogP contribution in [0.5, 0.6) is 0 Å². The average Bonchev–Trinajstić information content (AvgIpc) is 2.96. The van der Waals surface area contributed by atoms with E-state index < -0.39 is 10.0 Å². The predicted octanol–water partition coefficient (Wildman–Crippen LogP) is 1.83. The van der Waals surface area contributed by atoms with Crippen molar-refractivity contribution < 1.29 is 13.2 Å². The lowest BCUT2D eigenvalue weighted by molar-refractivity contribution is -0.130. The first-order chi connectivity index (χ1) is 11.9. The molecule has 0 fully saturated rings. The normalized spacial score (nSPS) is 20.6. The Balaban J connectivity index is 1.71. The van der Waals surface area contributed by atoms with Crippen LogP contribution in [0.4, 0.5) is 0 Å². The fourth-order valence-electron chi connectivity index (χ4n) is 3.40. The lowest BCUT2D eigenvalue weighted by atomic mass is 10.00. The third-order valence-corrected chi connectivity index (χ3v) is 6.31. The van der Waals surface area contributed by atoms with Crippen molar-refractivity contribution in [2.24, 2.45) is 5.10 Å². The van der Waals surface area contributed by atoms with Crippen LogP contribution >= 0.6 is 0 Å². The SMILES string of the molecule is CCCCS(=O)(=O)NC1Cc2ccc(C3=NN(C)C(=O)CC3)cc2C1. The summed E-state index contributed by atoms with van der Waals surface area (Å²) in [5.41, 5.74) is 4.29. The number of nitrogens with one attached hydrogen (secondary N) is 1. The Labute approximate surface area is 149 Å². The first kappa shape index (κ1) is 18.1. The van der Waals surface area contributed by atoms with E-state index in [1.807, 2.05) is 13.0 Å². The van der Waals surface area contributed by atoms with E-state index >= 15 is 0 Å². The molecule has 0 spiro atoms. The fourth-order valence-corrected chi connectivity index (χ4v) is 4.87. The fraction of sp³-hybridized carbons (Fsp3) is 0.556. The maximum absolute atomic E-state index is 12.1. The summed E-state index contributed by atoms with van der Waals surface area (Å²) in [4.78, 5) is 11.6. The summed E-state index contributed by atoms with van der Waals surface area (Å²) in [5, 5.41) is 5.76. The van der Waals surface area contributed by atoms with Crippen molar-refractivity contribution in [3.05, 3.63) is 34.9 Å². The molecular weight excluding hydrogens is 338 g/mol. The van der Waals surface area contributed by atoms with Crippen LogP contribution in [0.25, 0.3) is 0 Å². The molecular formula is C18H25N3O3S. The smallest absolute Gasteiger partial charge is 0.242 e. The van der Waals surface area contributed by atoms with E-state index in [4.69, 9.17) is 0 Å². The largest absolute Gasteiger partial charge is 0.273 e. The van der Waals surface area contributed by atoms with E-state index in [0.717, 1.165) is 24.1 Å². The summed E-state index contributed by atoms with van der Waals surface area (Å²) >= 11 is 0. The van der Waals surface area contributed by atoms with Crippen molar-refractivity contribution in [1.82, 2.24) is 9.73 Å². The molecule has 0 saturated heterocycles. The molecule has 2 aliphatic rings. The Morgan fingerprint density at radius 3 is 2.72 bits per heavy atom. The number of amides is 1. The van der Waals surface area contributed by atoms with E-state index in [1.54, 1.807) is 7.05 Å². The first-order valence-corrected chi connectivity index (χ1v) is 10.5. The molecule has 1 aliphatic heterocycles. The molecule has 0 radical (unpaired) electrons. The van der Waals surface area contributed by atoms with Gasteiger partial charge in [-0.25, -0.2) is 18.1 Å². The number of nitrogens with zero attached hydrogens (tertiary/aromatic N) is 2. The highest BCUT2D eigenvalue weighted by atomic mass is 32.2. The van der Waals surface area contributed by atoms with Gasteiger partial charge in [-0.1, -0.05) is 25.5 Å². The quantitative estimate of drug-likeness (QED) is 0.837. The Hall–Kier alpha value is -1.73. The lowest BCUT2D eigenvalue weighted by Crippen LogP contribution is -2.36. The minimum absolute atomic E-state index is 0.0338. The van der Waals surface area contributed by atoms with Gasteiger partial charge < -0.3 is 0 Å². The van der Waals surface area contributed by atoms with Gasteiger partial charge in [0.05, 0.1) is 11.5 Å². The molecule has 6 nitrogen and oxygen atoms in total. The van der Waals surface area contributed by atoms with E-state index in [-0.39, 0.29) is 17.7 Å². The summed E-state index contributed by atoms with van der Waals surface area (Å²) in [6.07, 6.45) is 4.11. The van der Waals surface area contributed by atoms with Crippen LogP contribution in [-0.4, -0.2) is 43.9 Å². The molecule has 136 valence electrons. The van der Waals surface area contributed by atoms with Gasteiger partial charge in [-0.2, -0.15) is 5.10 Å². The number of unbranched alkanes of at least 4 members (excludes halogenated alkanes) is 1. The number of hydrogen-bond donors (Lipinski definition) is 1. The molecule has 7 heteroatoms. The zero-order valence-electron chi connectivity index (χ0n) is 14.8. The van der Waals surface area contributed by atoms with Crippen LogP contribution in [0.15, 0.2) is 23.3 Å². The van der Waals surface area contributed by atoms with Gasteiger partial charge >= 0.3 is 0 Å². The van der Waals surface area contributed by atoms with Gasteiger partial charge in [-0.05, 0) is 42.0 Å². The molecule has 3 rings (SSSR count). The molecule has 0 bridgehead atoms. The Bertz CT molecular complexity index is 802. The van der Waals surface area contributed by atoms with Gasteiger partial charge in [0.25, 0.3) is 0 Å². The van der Waals surface area contributed by atoms with Gasteiger partial charge in [-0.3, -0.25) is 4.79 Å². The molecule has 0 aromatic heterocycles. The van der Waals surface area contributed by atoms with Gasteiger partial charge in [0, 0.05) is 25.9 Å². The van der Waals surface area contributed by atoms with Gasteiger partial charge in [-0.15, -0.1) is 0 Å². The van der Waals surface area contributed by atoms with Crippen LogP contribution < -0.4 is 4.72 Å². The molecule has 25 heavy (non-hydrogen) atoms. The molecule has 1 atom stereocenters. The minimum Gasteiger partial charge on any atom is -0.273 e. The van der Waals surface area contributed by atoms with Crippen molar-refractivity contribution >= 4 is 21.6 Å². The highest BCUT2D eigenvalue weighted by Gasteiger charge is 2.26. The Morgan fingerprint density at radius 1 is 1.24 bits per heavy atom. The lowest BCUT2D eigenvalue weighted by Gasteiger charge is -2.19. The number of carbonyl (C=O) groups is 1.